The molecule has 0 spiro atoms. The molecule has 1 saturated heterocycles. The fraction of sp³-hybridized carbons (Fsp3) is 0.588. The fourth-order valence-electron chi connectivity index (χ4n) is 2.73. The molecule has 1 aromatic rings. The van der Waals surface area contributed by atoms with Gasteiger partial charge in [0.2, 0.25) is 0 Å². The SMILES string of the molecule is CO[C@@H](C(=O)N(C)CCC1CCOCC1)c1ccccc1. The number of methoxy groups -OCH3 is 1. The first-order valence-corrected chi connectivity index (χ1v) is 7.63. The summed E-state index contributed by atoms with van der Waals surface area (Å²) in [6, 6.07) is 9.65. The van der Waals surface area contributed by atoms with E-state index in [4.69, 9.17) is 9.47 Å². The summed E-state index contributed by atoms with van der Waals surface area (Å²) in [6.45, 7) is 2.48. The molecule has 2 rings (SSSR count). The number of carbonyl (C=O) groups excluding carboxylic acids is 1. The Hall–Kier alpha value is -1.39. The lowest BCUT2D eigenvalue weighted by atomic mass is 9.96. The van der Waals surface area contributed by atoms with Gasteiger partial charge in [-0.2, -0.15) is 0 Å². The molecule has 1 aliphatic rings. The van der Waals surface area contributed by atoms with Crippen molar-refractivity contribution in [3.8, 4) is 0 Å². The predicted molar refractivity (Wildman–Crippen MR) is 82.0 cm³/mol. The van der Waals surface area contributed by atoms with Gasteiger partial charge in [-0.1, -0.05) is 30.3 Å². The first-order chi connectivity index (χ1) is 10.2. The maximum atomic E-state index is 12.5. The highest BCUT2D eigenvalue weighted by atomic mass is 16.5. The predicted octanol–water partition coefficient (Wildman–Crippen LogP) is 2.65. The zero-order valence-corrected chi connectivity index (χ0v) is 13.0. The lowest BCUT2D eigenvalue weighted by molar-refractivity contribution is -0.141. The third kappa shape index (κ3) is 4.55. The molecule has 0 N–H and O–H groups in total. The number of rotatable bonds is 6. The van der Waals surface area contributed by atoms with Crippen molar-refractivity contribution >= 4 is 5.91 Å². The highest BCUT2D eigenvalue weighted by Crippen LogP contribution is 2.21. The number of likely N-dealkylation sites (N-methyl/N-ethyl adjacent to an activating group) is 1. The number of benzene rings is 1. The highest BCUT2D eigenvalue weighted by Gasteiger charge is 2.24. The van der Waals surface area contributed by atoms with Crippen molar-refractivity contribution in [1.82, 2.24) is 4.90 Å². The van der Waals surface area contributed by atoms with Gasteiger partial charge in [-0.25, -0.2) is 0 Å². The molecule has 0 aromatic heterocycles. The number of ether oxygens (including phenoxy) is 2. The molecule has 1 aromatic carbocycles. The van der Waals surface area contributed by atoms with E-state index in [-0.39, 0.29) is 5.91 Å². The monoisotopic (exact) mass is 291 g/mol. The van der Waals surface area contributed by atoms with Gasteiger partial charge in [-0.3, -0.25) is 4.79 Å². The number of nitrogens with zero attached hydrogens (tertiary/aromatic N) is 1. The largest absolute Gasteiger partial charge is 0.381 e. The van der Waals surface area contributed by atoms with Crippen LogP contribution in [0.15, 0.2) is 30.3 Å². The molecular formula is C17H25NO3. The van der Waals surface area contributed by atoms with Crippen LogP contribution in [0.5, 0.6) is 0 Å². The van der Waals surface area contributed by atoms with E-state index in [2.05, 4.69) is 0 Å². The van der Waals surface area contributed by atoms with E-state index in [0.29, 0.717) is 5.92 Å². The molecule has 0 radical (unpaired) electrons. The summed E-state index contributed by atoms with van der Waals surface area (Å²) in [5, 5.41) is 0. The molecule has 116 valence electrons. The molecule has 1 amide bonds. The van der Waals surface area contributed by atoms with Crippen molar-refractivity contribution in [3.05, 3.63) is 35.9 Å². The van der Waals surface area contributed by atoms with E-state index < -0.39 is 6.10 Å². The first-order valence-electron chi connectivity index (χ1n) is 7.63. The van der Waals surface area contributed by atoms with Gasteiger partial charge < -0.3 is 14.4 Å². The Morgan fingerprint density at radius 1 is 1.33 bits per heavy atom. The Morgan fingerprint density at radius 2 is 2.00 bits per heavy atom. The summed E-state index contributed by atoms with van der Waals surface area (Å²) in [5.41, 5.74) is 0.905. The van der Waals surface area contributed by atoms with Crippen LogP contribution in [-0.2, 0) is 14.3 Å². The topological polar surface area (TPSA) is 38.8 Å². The second-order valence-electron chi connectivity index (χ2n) is 5.63. The third-order valence-electron chi connectivity index (χ3n) is 4.15. The molecule has 4 heteroatoms. The molecule has 21 heavy (non-hydrogen) atoms. The number of hydrogen-bond acceptors (Lipinski definition) is 3. The minimum atomic E-state index is -0.508. The summed E-state index contributed by atoms with van der Waals surface area (Å²) in [6.07, 6.45) is 2.74. The maximum absolute atomic E-state index is 12.5. The Bertz CT molecular complexity index is 429. The zero-order chi connectivity index (χ0) is 15.1. The Kier molecular flexibility index (Phi) is 6.21. The zero-order valence-electron chi connectivity index (χ0n) is 13.0. The average Bonchev–Trinajstić information content (AvgIpc) is 2.55. The van der Waals surface area contributed by atoms with Crippen LogP contribution in [0.25, 0.3) is 0 Å². The van der Waals surface area contributed by atoms with Gasteiger partial charge in [-0.15, -0.1) is 0 Å². The lowest BCUT2D eigenvalue weighted by Gasteiger charge is -2.27. The van der Waals surface area contributed by atoms with Gasteiger partial charge in [0, 0.05) is 33.9 Å². The van der Waals surface area contributed by atoms with Crippen LogP contribution >= 0.6 is 0 Å². The molecule has 0 saturated carbocycles. The summed E-state index contributed by atoms with van der Waals surface area (Å²) in [4.78, 5) is 14.3. The van der Waals surface area contributed by atoms with Gasteiger partial charge in [0.25, 0.3) is 5.91 Å². The van der Waals surface area contributed by atoms with Gasteiger partial charge >= 0.3 is 0 Å². The van der Waals surface area contributed by atoms with Gasteiger partial charge in [0.15, 0.2) is 6.10 Å². The Morgan fingerprint density at radius 3 is 2.62 bits per heavy atom. The molecule has 1 atom stereocenters. The molecule has 1 aliphatic heterocycles. The van der Waals surface area contributed by atoms with Crippen LogP contribution in [0.1, 0.15) is 30.9 Å². The van der Waals surface area contributed by atoms with Gasteiger partial charge in [0.1, 0.15) is 0 Å². The van der Waals surface area contributed by atoms with Crippen LogP contribution in [0.3, 0.4) is 0 Å². The van der Waals surface area contributed by atoms with Crippen molar-refractivity contribution < 1.29 is 14.3 Å². The smallest absolute Gasteiger partial charge is 0.256 e. The Labute approximate surface area is 127 Å². The van der Waals surface area contributed by atoms with Crippen molar-refractivity contribution in [2.24, 2.45) is 5.92 Å². The summed E-state index contributed by atoms with van der Waals surface area (Å²) in [7, 11) is 3.44. The normalized spacial score (nSPS) is 17.4. The second kappa shape index (κ2) is 8.15. The van der Waals surface area contributed by atoms with E-state index >= 15 is 0 Å². The summed E-state index contributed by atoms with van der Waals surface area (Å²) in [5.74, 6) is 0.697. The summed E-state index contributed by atoms with van der Waals surface area (Å²) >= 11 is 0. The van der Waals surface area contributed by atoms with E-state index in [1.54, 1.807) is 12.0 Å². The van der Waals surface area contributed by atoms with E-state index in [1.807, 2.05) is 37.4 Å². The maximum Gasteiger partial charge on any atom is 0.256 e. The van der Waals surface area contributed by atoms with Crippen LogP contribution in [-0.4, -0.2) is 44.7 Å². The molecule has 0 aliphatic carbocycles. The summed E-state index contributed by atoms with van der Waals surface area (Å²) < 4.78 is 10.8. The van der Waals surface area contributed by atoms with Crippen molar-refractivity contribution in [1.29, 1.82) is 0 Å². The molecule has 1 heterocycles. The second-order valence-corrected chi connectivity index (χ2v) is 5.63. The van der Waals surface area contributed by atoms with Crippen LogP contribution in [0.4, 0.5) is 0 Å². The van der Waals surface area contributed by atoms with Crippen molar-refractivity contribution in [2.75, 3.05) is 33.9 Å². The number of hydrogen-bond donors (Lipinski definition) is 0. The number of carbonyl (C=O) groups is 1. The lowest BCUT2D eigenvalue weighted by Crippen LogP contribution is -2.34. The molecule has 1 fully saturated rings. The van der Waals surface area contributed by atoms with E-state index in [0.717, 1.165) is 44.6 Å². The van der Waals surface area contributed by atoms with Gasteiger partial charge in [0.05, 0.1) is 0 Å². The first kappa shape index (κ1) is 16.0. The molecule has 4 nitrogen and oxygen atoms in total. The van der Waals surface area contributed by atoms with Crippen LogP contribution in [0.2, 0.25) is 0 Å². The fourth-order valence-corrected chi connectivity index (χ4v) is 2.73. The van der Waals surface area contributed by atoms with E-state index in [1.165, 1.54) is 0 Å². The highest BCUT2D eigenvalue weighted by molar-refractivity contribution is 5.82. The Balaban J connectivity index is 1.88. The van der Waals surface area contributed by atoms with Crippen LogP contribution in [0, 0.1) is 5.92 Å². The van der Waals surface area contributed by atoms with Crippen molar-refractivity contribution in [2.45, 2.75) is 25.4 Å². The van der Waals surface area contributed by atoms with Crippen LogP contribution < -0.4 is 0 Å². The molecular weight excluding hydrogens is 266 g/mol. The van der Waals surface area contributed by atoms with Crippen molar-refractivity contribution in [3.63, 3.8) is 0 Å². The quantitative estimate of drug-likeness (QED) is 0.809. The molecule has 0 unspecified atom stereocenters. The number of amides is 1. The minimum absolute atomic E-state index is 0.0239. The molecule has 0 bridgehead atoms. The van der Waals surface area contributed by atoms with E-state index in [9.17, 15) is 4.79 Å². The minimum Gasteiger partial charge on any atom is -0.381 e. The van der Waals surface area contributed by atoms with Gasteiger partial charge in [-0.05, 0) is 30.7 Å². The third-order valence-corrected chi connectivity index (χ3v) is 4.15. The average molecular weight is 291 g/mol. The standard InChI is InChI=1S/C17H25NO3/c1-18(11-8-14-9-12-21-13-10-14)17(19)16(20-2)15-6-4-3-5-7-15/h3-7,14,16H,8-13H2,1-2H3/t16-/m1/s1.